The van der Waals surface area contributed by atoms with Crippen LogP contribution in [0.3, 0.4) is 0 Å². The van der Waals surface area contributed by atoms with Gasteiger partial charge in [-0.1, -0.05) is 35.9 Å². The van der Waals surface area contributed by atoms with E-state index in [2.05, 4.69) is 4.98 Å². The van der Waals surface area contributed by atoms with Crippen LogP contribution in [-0.4, -0.2) is 26.9 Å². The van der Waals surface area contributed by atoms with E-state index in [1.54, 1.807) is 30.3 Å². The van der Waals surface area contributed by atoms with Crippen LogP contribution < -0.4 is 4.90 Å². The molecule has 3 aromatic rings. The van der Waals surface area contributed by atoms with Gasteiger partial charge in [0.1, 0.15) is 11.5 Å². The minimum atomic E-state index is -0.884. The number of aromatic hydroxyl groups is 1. The third-order valence-electron chi connectivity index (χ3n) is 5.15. The minimum Gasteiger partial charge on any atom is -0.507 e. The Morgan fingerprint density at radius 2 is 1.67 bits per heavy atom. The van der Waals surface area contributed by atoms with Crippen LogP contribution in [0.4, 0.5) is 5.69 Å². The summed E-state index contributed by atoms with van der Waals surface area (Å²) < 4.78 is 0. The molecule has 150 valence electrons. The number of aryl methyl sites for hydroxylation is 2. The second-order valence-corrected chi connectivity index (χ2v) is 7.31. The van der Waals surface area contributed by atoms with Gasteiger partial charge in [0.2, 0.25) is 0 Å². The smallest absolute Gasteiger partial charge is 0.300 e. The maximum atomic E-state index is 13.1. The molecule has 2 heterocycles. The Kier molecular flexibility index (Phi) is 4.83. The van der Waals surface area contributed by atoms with Crippen LogP contribution >= 0.6 is 0 Å². The number of ketones is 1. The number of anilines is 1. The van der Waals surface area contributed by atoms with Crippen LogP contribution in [0, 0.1) is 13.8 Å². The average Bonchev–Trinajstić information content (AvgIpc) is 3.01. The summed E-state index contributed by atoms with van der Waals surface area (Å²) in [6.45, 7) is 3.74. The summed E-state index contributed by atoms with van der Waals surface area (Å²) in [6, 6.07) is 14.5. The number of Topliss-reactive ketones (excluding diaryl/α,β-unsaturated/α-hetero) is 1. The number of carbonyl (C=O) groups is 2. The van der Waals surface area contributed by atoms with Crippen LogP contribution in [0.15, 0.2) is 72.6 Å². The van der Waals surface area contributed by atoms with Gasteiger partial charge >= 0.3 is 0 Å². The van der Waals surface area contributed by atoms with E-state index in [1.165, 1.54) is 23.4 Å². The van der Waals surface area contributed by atoms with Crippen LogP contribution in [-0.2, 0) is 9.59 Å². The largest absolute Gasteiger partial charge is 0.507 e. The molecule has 1 aliphatic heterocycles. The third-order valence-corrected chi connectivity index (χ3v) is 5.15. The molecule has 0 aliphatic carbocycles. The number of hydrogen-bond donors (Lipinski definition) is 2. The van der Waals surface area contributed by atoms with Crippen molar-refractivity contribution < 1.29 is 19.8 Å². The maximum Gasteiger partial charge on any atom is 0.300 e. The second-order valence-electron chi connectivity index (χ2n) is 7.31. The van der Waals surface area contributed by atoms with Crippen molar-refractivity contribution in [3.63, 3.8) is 0 Å². The fraction of sp³-hybridized carbons (Fsp3) is 0.125. The van der Waals surface area contributed by atoms with Crippen LogP contribution in [0.5, 0.6) is 5.75 Å². The number of phenolic OH excluding ortho intramolecular Hbond substituents is 1. The van der Waals surface area contributed by atoms with Gasteiger partial charge in [0.25, 0.3) is 11.7 Å². The van der Waals surface area contributed by atoms with Crippen molar-refractivity contribution >= 4 is 23.1 Å². The zero-order valence-corrected chi connectivity index (χ0v) is 16.5. The van der Waals surface area contributed by atoms with E-state index in [-0.39, 0.29) is 22.8 Å². The molecule has 4 rings (SSSR count). The topological polar surface area (TPSA) is 90.7 Å². The zero-order valence-electron chi connectivity index (χ0n) is 16.5. The molecule has 2 aromatic carbocycles. The molecule has 1 aromatic heterocycles. The molecule has 6 nitrogen and oxygen atoms in total. The number of phenols is 1. The standard InChI is InChI=1S/C24H20N2O4/c1-14-4-3-5-17(12-14)21-20(22(28)16-8-10-25-11-9-16)23(29)24(30)26(21)18-13-15(2)6-7-19(18)27/h3-13,21,27-28H,1-2H3/b22-20+. The summed E-state index contributed by atoms with van der Waals surface area (Å²) in [6.07, 6.45) is 3.00. The molecule has 0 saturated carbocycles. The Balaban J connectivity index is 2.00. The summed E-state index contributed by atoms with van der Waals surface area (Å²) in [7, 11) is 0. The molecule has 1 atom stereocenters. The van der Waals surface area contributed by atoms with Crippen LogP contribution in [0.25, 0.3) is 5.76 Å². The normalized spacial score (nSPS) is 18.1. The predicted molar refractivity (Wildman–Crippen MR) is 113 cm³/mol. The molecule has 1 amide bonds. The summed E-state index contributed by atoms with van der Waals surface area (Å²) in [5.74, 6) is -2.02. The van der Waals surface area contributed by atoms with Crippen molar-refractivity contribution in [1.82, 2.24) is 4.98 Å². The van der Waals surface area contributed by atoms with Gasteiger partial charge in [0, 0.05) is 18.0 Å². The molecule has 1 fully saturated rings. The molecular weight excluding hydrogens is 380 g/mol. The lowest BCUT2D eigenvalue weighted by Gasteiger charge is -2.26. The third kappa shape index (κ3) is 3.22. The Labute approximate surface area is 173 Å². The lowest BCUT2D eigenvalue weighted by molar-refractivity contribution is -0.132. The molecular formula is C24H20N2O4. The minimum absolute atomic E-state index is 0.0299. The highest BCUT2D eigenvalue weighted by molar-refractivity contribution is 6.51. The number of rotatable bonds is 3. The first-order valence-corrected chi connectivity index (χ1v) is 9.46. The van der Waals surface area contributed by atoms with E-state index >= 15 is 0 Å². The van der Waals surface area contributed by atoms with Crippen molar-refractivity contribution in [2.45, 2.75) is 19.9 Å². The first-order chi connectivity index (χ1) is 14.4. The highest BCUT2D eigenvalue weighted by Crippen LogP contribution is 2.45. The van der Waals surface area contributed by atoms with E-state index in [0.717, 1.165) is 11.1 Å². The van der Waals surface area contributed by atoms with E-state index in [0.29, 0.717) is 11.1 Å². The number of amides is 1. The number of aromatic nitrogens is 1. The Bertz CT molecular complexity index is 1180. The Morgan fingerprint density at radius 3 is 2.37 bits per heavy atom. The highest BCUT2D eigenvalue weighted by Gasteiger charge is 2.47. The number of benzene rings is 2. The number of nitrogens with zero attached hydrogens (tertiary/aromatic N) is 2. The van der Waals surface area contributed by atoms with Crippen molar-refractivity contribution in [2.75, 3.05) is 4.90 Å². The number of aliphatic hydroxyl groups is 1. The molecule has 1 unspecified atom stereocenters. The maximum absolute atomic E-state index is 13.1. The molecule has 30 heavy (non-hydrogen) atoms. The first kappa shape index (κ1) is 19.4. The number of pyridine rings is 1. The molecule has 1 saturated heterocycles. The zero-order chi connectivity index (χ0) is 21.4. The summed E-state index contributed by atoms with van der Waals surface area (Å²) in [5, 5.41) is 21.5. The van der Waals surface area contributed by atoms with Crippen molar-refractivity contribution in [1.29, 1.82) is 0 Å². The van der Waals surface area contributed by atoms with Gasteiger partial charge in [-0.15, -0.1) is 0 Å². The molecule has 0 bridgehead atoms. The molecule has 0 spiro atoms. The quantitative estimate of drug-likeness (QED) is 0.394. The van der Waals surface area contributed by atoms with Gasteiger partial charge in [-0.3, -0.25) is 19.5 Å². The van der Waals surface area contributed by atoms with E-state index in [1.807, 2.05) is 32.0 Å². The highest BCUT2D eigenvalue weighted by atomic mass is 16.3. The first-order valence-electron chi connectivity index (χ1n) is 9.46. The van der Waals surface area contributed by atoms with Crippen molar-refractivity contribution in [2.24, 2.45) is 0 Å². The van der Waals surface area contributed by atoms with Gasteiger partial charge in [-0.25, -0.2) is 0 Å². The summed E-state index contributed by atoms with van der Waals surface area (Å²) in [4.78, 5) is 31.3. The van der Waals surface area contributed by atoms with Crippen molar-refractivity contribution in [3.8, 4) is 5.75 Å². The van der Waals surface area contributed by atoms with E-state index < -0.39 is 17.7 Å². The van der Waals surface area contributed by atoms with Gasteiger partial charge in [-0.2, -0.15) is 0 Å². The molecule has 2 N–H and O–H groups in total. The monoisotopic (exact) mass is 400 g/mol. The van der Waals surface area contributed by atoms with E-state index in [4.69, 9.17) is 0 Å². The Hall–Kier alpha value is -3.93. The number of hydrogen-bond acceptors (Lipinski definition) is 5. The molecule has 6 heteroatoms. The average molecular weight is 400 g/mol. The van der Waals surface area contributed by atoms with Gasteiger partial charge < -0.3 is 10.2 Å². The second kappa shape index (κ2) is 7.48. The van der Waals surface area contributed by atoms with Gasteiger partial charge in [0.15, 0.2) is 0 Å². The Morgan fingerprint density at radius 1 is 0.967 bits per heavy atom. The van der Waals surface area contributed by atoms with Crippen LogP contribution in [0.2, 0.25) is 0 Å². The van der Waals surface area contributed by atoms with Gasteiger partial charge in [-0.05, 0) is 49.2 Å². The summed E-state index contributed by atoms with van der Waals surface area (Å²) in [5.41, 5.74) is 2.99. The SMILES string of the molecule is Cc1cccc(C2/C(=C(\O)c3ccncc3)C(=O)C(=O)N2c2cc(C)ccc2O)c1. The van der Waals surface area contributed by atoms with Crippen LogP contribution in [0.1, 0.15) is 28.3 Å². The summed E-state index contributed by atoms with van der Waals surface area (Å²) >= 11 is 0. The number of aliphatic hydroxyl groups excluding tert-OH is 1. The fourth-order valence-electron chi connectivity index (χ4n) is 3.73. The molecule has 1 aliphatic rings. The van der Waals surface area contributed by atoms with E-state index in [9.17, 15) is 19.8 Å². The number of carbonyl (C=O) groups excluding carboxylic acids is 2. The van der Waals surface area contributed by atoms with Gasteiger partial charge in [0.05, 0.1) is 17.3 Å². The molecule has 0 radical (unpaired) electrons. The van der Waals surface area contributed by atoms with Crippen molar-refractivity contribution in [3.05, 3.63) is 94.8 Å². The lowest BCUT2D eigenvalue weighted by atomic mass is 9.94. The predicted octanol–water partition coefficient (Wildman–Crippen LogP) is 4.03. The lowest BCUT2D eigenvalue weighted by Crippen LogP contribution is -2.29. The fourth-order valence-corrected chi connectivity index (χ4v) is 3.73.